The predicted octanol–water partition coefficient (Wildman–Crippen LogP) is 2.59. The molecule has 0 atom stereocenters. The van der Waals surface area contributed by atoms with Crippen molar-refractivity contribution >= 4 is 11.7 Å². The van der Waals surface area contributed by atoms with Crippen LogP contribution in [0, 0.1) is 0 Å². The van der Waals surface area contributed by atoms with Crippen molar-refractivity contribution in [2.45, 2.75) is 25.8 Å². The molecule has 1 fully saturated rings. The van der Waals surface area contributed by atoms with Gasteiger partial charge in [0.05, 0.1) is 12.8 Å². The summed E-state index contributed by atoms with van der Waals surface area (Å²) in [5, 5.41) is 2.82. The van der Waals surface area contributed by atoms with E-state index in [4.69, 9.17) is 4.42 Å². The summed E-state index contributed by atoms with van der Waals surface area (Å²) in [7, 11) is 0. The number of furan rings is 1. The Bertz CT molecular complexity index is 589. The van der Waals surface area contributed by atoms with Crippen molar-refractivity contribution < 1.29 is 9.21 Å². The maximum Gasteiger partial charge on any atom is 0.270 e. The third-order valence-corrected chi connectivity index (χ3v) is 3.65. The fraction of sp³-hybridized carbons (Fsp3) is 0.375. The third-order valence-electron chi connectivity index (χ3n) is 3.65. The van der Waals surface area contributed by atoms with Crippen LogP contribution in [0.2, 0.25) is 0 Å². The number of aromatic nitrogens is 1. The van der Waals surface area contributed by atoms with Crippen LogP contribution in [-0.2, 0) is 6.54 Å². The van der Waals surface area contributed by atoms with Gasteiger partial charge in [-0.2, -0.15) is 0 Å². The third kappa shape index (κ3) is 3.42. The monoisotopic (exact) mass is 285 g/mol. The van der Waals surface area contributed by atoms with Gasteiger partial charge in [0.1, 0.15) is 17.3 Å². The first-order valence-electron chi connectivity index (χ1n) is 7.35. The van der Waals surface area contributed by atoms with E-state index in [1.807, 2.05) is 18.2 Å². The summed E-state index contributed by atoms with van der Waals surface area (Å²) < 4.78 is 5.20. The fourth-order valence-corrected chi connectivity index (χ4v) is 2.52. The number of hydrogen-bond donors (Lipinski definition) is 1. The van der Waals surface area contributed by atoms with Crippen molar-refractivity contribution in [2.75, 3.05) is 18.0 Å². The number of nitrogens with one attached hydrogen (secondary N) is 1. The van der Waals surface area contributed by atoms with E-state index in [1.165, 1.54) is 19.3 Å². The van der Waals surface area contributed by atoms with Gasteiger partial charge in [-0.25, -0.2) is 4.98 Å². The number of rotatable bonds is 4. The van der Waals surface area contributed by atoms with Crippen LogP contribution >= 0.6 is 0 Å². The standard InChI is InChI=1S/C16H19N3O2/c20-16(17-12-13-6-5-11-21-13)14-7-4-8-15(18-14)19-9-2-1-3-10-19/h4-8,11H,1-3,9-10,12H2,(H,17,20). The van der Waals surface area contributed by atoms with E-state index >= 15 is 0 Å². The summed E-state index contributed by atoms with van der Waals surface area (Å²) >= 11 is 0. The van der Waals surface area contributed by atoms with E-state index in [0.717, 1.165) is 24.7 Å². The molecule has 1 saturated heterocycles. The predicted molar refractivity (Wildman–Crippen MR) is 80.2 cm³/mol. The van der Waals surface area contributed by atoms with E-state index in [9.17, 15) is 4.79 Å². The molecule has 0 bridgehead atoms. The van der Waals surface area contributed by atoms with Crippen LogP contribution in [0.3, 0.4) is 0 Å². The lowest BCUT2D eigenvalue weighted by molar-refractivity contribution is 0.0943. The second-order valence-electron chi connectivity index (χ2n) is 5.19. The number of piperidine rings is 1. The smallest absolute Gasteiger partial charge is 0.270 e. The second-order valence-corrected chi connectivity index (χ2v) is 5.19. The Labute approximate surface area is 124 Å². The van der Waals surface area contributed by atoms with Gasteiger partial charge in [-0.3, -0.25) is 4.79 Å². The molecule has 1 N–H and O–H groups in total. The van der Waals surface area contributed by atoms with Crippen LogP contribution in [0.4, 0.5) is 5.82 Å². The van der Waals surface area contributed by atoms with E-state index in [-0.39, 0.29) is 5.91 Å². The van der Waals surface area contributed by atoms with Gasteiger partial charge >= 0.3 is 0 Å². The van der Waals surface area contributed by atoms with Crippen molar-refractivity contribution in [1.29, 1.82) is 0 Å². The summed E-state index contributed by atoms with van der Waals surface area (Å²) in [4.78, 5) is 18.9. The highest BCUT2D eigenvalue weighted by atomic mass is 16.3. The number of pyridine rings is 1. The number of carbonyl (C=O) groups excluding carboxylic acids is 1. The molecule has 0 unspecified atom stereocenters. The molecule has 2 aromatic heterocycles. The minimum atomic E-state index is -0.176. The normalized spacial score (nSPS) is 15.0. The van der Waals surface area contributed by atoms with Crippen LogP contribution in [-0.4, -0.2) is 24.0 Å². The van der Waals surface area contributed by atoms with Crippen LogP contribution in [0.15, 0.2) is 41.0 Å². The Balaban J connectivity index is 1.65. The van der Waals surface area contributed by atoms with Crippen molar-refractivity contribution in [3.05, 3.63) is 48.0 Å². The summed E-state index contributed by atoms with van der Waals surface area (Å²) in [6.45, 7) is 2.41. The van der Waals surface area contributed by atoms with Crippen LogP contribution in [0.1, 0.15) is 35.5 Å². The summed E-state index contributed by atoms with van der Waals surface area (Å²) in [5.41, 5.74) is 0.449. The summed E-state index contributed by atoms with van der Waals surface area (Å²) in [6.07, 6.45) is 5.25. The zero-order valence-electron chi connectivity index (χ0n) is 11.9. The molecule has 5 heteroatoms. The molecule has 3 rings (SSSR count). The minimum Gasteiger partial charge on any atom is -0.467 e. The highest BCUT2D eigenvalue weighted by molar-refractivity contribution is 5.92. The molecule has 1 amide bonds. The maximum absolute atomic E-state index is 12.1. The molecule has 0 aromatic carbocycles. The first kappa shape index (κ1) is 13.7. The highest BCUT2D eigenvalue weighted by Crippen LogP contribution is 2.17. The largest absolute Gasteiger partial charge is 0.467 e. The minimum absolute atomic E-state index is 0.176. The van der Waals surface area contributed by atoms with Gasteiger partial charge in [0.15, 0.2) is 0 Å². The second kappa shape index (κ2) is 6.43. The van der Waals surface area contributed by atoms with Gasteiger partial charge in [0, 0.05) is 13.1 Å². The lowest BCUT2D eigenvalue weighted by Gasteiger charge is -2.27. The summed E-state index contributed by atoms with van der Waals surface area (Å²) in [5.74, 6) is 1.45. The van der Waals surface area contributed by atoms with Gasteiger partial charge in [0.25, 0.3) is 5.91 Å². The molecule has 0 aliphatic carbocycles. The lowest BCUT2D eigenvalue weighted by atomic mass is 10.1. The molecule has 5 nitrogen and oxygen atoms in total. The molecular weight excluding hydrogens is 266 g/mol. The Morgan fingerprint density at radius 2 is 2.05 bits per heavy atom. The highest BCUT2D eigenvalue weighted by Gasteiger charge is 2.14. The number of amides is 1. The summed E-state index contributed by atoms with van der Waals surface area (Å²) in [6, 6.07) is 9.23. The number of nitrogens with zero attached hydrogens (tertiary/aromatic N) is 2. The molecule has 0 spiro atoms. The number of anilines is 1. The first-order chi connectivity index (χ1) is 10.3. The zero-order chi connectivity index (χ0) is 14.5. The van der Waals surface area contributed by atoms with Crippen molar-refractivity contribution in [3.63, 3.8) is 0 Å². The van der Waals surface area contributed by atoms with Crippen molar-refractivity contribution in [3.8, 4) is 0 Å². The van der Waals surface area contributed by atoms with Crippen LogP contribution in [0.5, 0.6) is 0 Å². The van der Waals surface area contributed by atoms with Gasteiger partial charge < -0.3 is 14.6 Å². The Morgan fingerprint density at radius 3 is 2.81 bits per heavy atom. The lowest BCUT2D eigenvalue weighted by Crippen LogP contribution is -2.31. The molecule has 2 aromatic rings. The van der Waals surface area contributed by atoms with E-state index in [1.54, 1.807) is 18.4 Å². The zero-order valence-corrected chi connectivity index (χ0v) is 11.9. The van der Waals surface area contributed by atoms with Crippen LogP contribution in [0.25, 0.3) is 0 Å². The van der Waals surface area contributed by atoms with Gasteiger partial charge in [-0.05, 0) is 43.5 Å². The maximum atomic E-state index is 12.1. The average molecular weight is 285 g/mol. The first-order valence-corrected chi connectivity index (χ1v) is 7.35. The van der Waals surface area contributed by atoms with Crippen LogP contribution < -0.4 is 10.2 Å². The van der Waals surface area contributed by atoms with Crippen molar-refractivity contribution in [2.24, 2.45) is 0 Å². The van der Waals surface area contributed by atoms with Gasteiger partial charge in [-0.1, -0.05) is 6.07 Å². The Hall–Kier alpha value is -2.30. The molecule has 1 aliphatic rings. The molecular formula is C16H19N3O2. The molecule has 21 heavy (non-hydrogen) atoms. The quantitative estimate of drug-likeness (QED) is 0.938. The Kier molecular flexibility index (Phi) is 4.19. The molecule has 0 saturated carbocycles. The van der Waals surface area contributed by atoms with E-state index < -0.39 is 0 Å². The molecule has 0 radical (unpaired) electrons. The van der Waals surface area contributed by atoms with Crippen molar-refractivity contribution in [1.82, 2.24) is 10.3 Å². The fourth-order valence-electron chi connectivity index (χ4n) is 2.52. The molecule has 110 valence electrons. The molecule has 3 heterocycles. The number of carbonyl (C=O) groups is 1. The SMILES string of the molecule is O=C(NCc1ccco1)c1cccc(N2CCCCC2)n1. The Morgan fingerprint density at radius 1 is 1.19 bits per heavy atom. The number of hydrogen-bond acceptors (Lipinski definition) is 4. The van der Waals surface area contributed by atoms with E-state index in [2.05, 4.69) is 15.2 Å². The topological polar surface area (TPSA) is 58.4 Å². The average Bonchev–Trinajstić information content (AvgIpc) is 3.07. The van der Waals surface area contributed by atoms with Gasteiger partial charge in [-0.15, -0.1) is 0 Å². The van der Waals surface area contributed by atoms with E-state index in [0.29, 0.717) is 12.2 Å². The van der Waals surface area contributed by atoms with Gasteiger partial charge in [0.2, 0.25) is 0 Å². The molecule has 1 aliphatic heterocycles.